The Labute approximate surface area is 209 Å². The number of morpholine rings is 1. The molecule has 36 heavy (non-hydrogen) atoms. The van der Waals surface area contributed by atoms with Gasteiger partial charge in [0, 0.05) is 37.2 Å². The van der Waals surface area contributed by atoms with Crippen LogP contribution in [0.25, 0.3) is 0 Å². The van der Waals surface area contributed by atoms with E-state index in [1.807, 2.05) is 32.0 Å². The van der Waals surface area contributed by atoms with E-state index in [4.69, 9.17) is 9.47 Å². The van der Waals surface area contributed by atoms with Crippen molar-refractivity contribution in [3.63, 3.8) is 0 Å². The Hall–Kier alpha value is -2.59. The van der Waals surface area contributed by atoms with E-state index in [1.165, 1.54) is 0 Å². The largest absolute Gasteiger partial charge is 0.496 e. The van der Waals surface area contributed by atoms with Gasteiger partial charge in [0.25, 0.3) is 0 Å². The molecule has 3 heterocycles. The third kappa shape index (κ3) is 4.38. The van der Waals surface area contributed by atoms with Gasteiger partial charge in [-0.15, -0.1) is 0 Å². The van der Waals surface area contributed by atoms with Gasteiger partial charge in [-0.1, -0.05) is 19.1 Å². The smallest absolute Gasteiger partial charge is 0.433 e. The summed E-state index contributed by atoms with van der Waals surface area (Å²) < 4.78 is 54.1. The van der Waals surface area contributed by atoms with E-state index < -0.39 is 18.4 Å². The first-order valence-electron chi connectivity index (χ1n) is 12.6. The Morgan fingerprint density at radius 2 is 1.94 bits per heavy atom. The molecule has 2 aliphatic heterocycles. The lowest BCUT2D eigenvalue weighted by atomic mass is 9.94. The standard InChI is InChI=1S/C26H33F3N4O3/c1-16-7-8-19-23(16)30-33(25(19)26(27,28)29)15-22(34)32-10-9-20(31-11-13-36-14-12-31)24(32)18-5-4-6-21(35-3)17(18)2/h4-6,16,20,24H,7-15H2,1-3H3/t16-,20?,24?/m0/s1. The van der Waals surface area contributed by atoms with E-state index >= 15 is 0 Å². The van der Waals surface area contributed by atoms with Gasteiger partial charge < -0.3 is 14.4 Å². The highest BCUT2D eigenvalue weighted by atomic mass is 19.4. The first-order valence-corrected chi connectivity index (χ1v) is 12.6. The number of methoxy groups -OCH3 is 1. The summed E-state index contributed by atoms with van der Waals surface area (Å²) in [7, 11) is 1.61. The second-order valence-corrected chi connectivity index (χ2v) is 10.0. The third-order valence-corrected chi connectivity index (χ3v) is 7.99. The Bertz CT molecular complexity index is 1130. The number of amides is 1. The summed E-state index contributed by atoms with van der Waals surface area (Å²) in [6.45, 7) is 6.67. The van der Waals surface area contributed by atoms with Crippen LogP contribution in [0.15, 0.2) is 18.2 Å². The van der Waals surface area contributed by atoms with Crippen molar-refractivity contribution in [2.45, 2.75) is 63.8 Å². The van der Waals surface area contributed by atoms with E-state index in [-0.39, 0.29) is 29.5 Å². The Balaban J connectivity index is 1.49. The summed E-state index contributed by atoms with van der Waals surface area (Å²) >= 11 is 0. The monoisotopic (exact) mass is 506 g/mol. The van der Waals surface area contributed by atoms with Crippen molar-refractivity contribution in [2.24, 2.45) is 0 Å². The van der Waals surface area contributed by atoms with Gasteiger partial charge in [0.05, 0.1) is 32.1 Å². The maximum Gasteiger partial charge on any atom is 0.433 e. The lowest BCUT2D eigenvalue weighted by molar-refractivity contribution is -0.146. The predicted molar refractivity (Wildman–Crippen MR) is 127 cm³/mol. The Morgan fingerprint density at radius 3 is 2.64 bits per heavy atom. The highest BCUT2D eigenvalue weighted by Gasteiger charge is 2.45. The van der Waals surface area contributed by atoms with Gasteiger partial charge in [0.1, 0.15) is 18.0 Å². The minimum Gasteiger partial charge on any atom is -0.496 e. The molecule has 0 saturated carbocycles. The number of halogens is 3. The van der Waals surface area contributed by atoms with Gasteiger partial charge in [-0.05, 0) is 43.4 Å². The van der Waals surface area contributed by atoms with E-state index in [2.05, 4.69) is 10.00 Å². The van der Waals surface area contributed by atoms with Crippen LogP contribution in [0.4, 0.5) is 13.2 Å². The molecular weight excluding hydrogens is 473 g/mol. The fourth-order valence-corrected chi connectivity index (χ4v) is 6.20. The summed E-state index contributed by atoms with van der Waals surface area (Å²) in [5, 5.41) is 4.30. The van der Waals surface area contributed by atoms with Gasteiger partial charge in [-0.2, -0.15) is 18.3 Å². The molecular formula is C26H33F3N4O3. The fourth-order valence-electron chi connectivity index (χ4n) is 6.20. The molecule has 7 nitrogen and oxygen atoms in total. The molecule has 0 spiro atoms. The van der Waals surface area contributed by atoms with Crippen molar-refractivity contribution in [1.29, 1.82) is 0 Å². The molecule has 2 unspecified atom stereocenters. The number of hydrogen-bond donors (Lipinski definition) is 0. The van der Waals surface area contributed by atoms with Gasteiger partial charge >= 0.3 is 6.18 Å². The highest BCUT2D eigenvalue weighted by Crippen LogP contribution is 2.42. The van der Waals surface area contributed by atoms with Crippen molar-refractivity contribution in [3.8, 4) is 5.75 Å². The molecule has 5 rings (SSSR count). The molecule has 0 N–H and O–H groups in total. The molecule has 3 atom stereocenters. The van der Waals surface area contributed by atoms with Crippen LogP contribution in [-0.4, -0.2) is 71.5 Å². The number of carbonyl (C=O) groups is 1. The van der Waals surface area contributed by atoms with Gasteiger partial charge in [-0.3, -0.25) is 14.4 Å². The van der Waals surface area contributed by atoms with Crippen molar-refractivity contribution in [3.05, 3.63) is 46.3 Å². The van der Waals surface area contributed by atoms with Crippen LogP contribution in [0, 0.1) is 6.92 Å². The van der Waals surface area contributed by atoms with E-state index in [0.717, 1.165) is 41.1 Å². The van der Waals surface area contributed by atoms with E-state index in [9.17, 15) is 18.0 Å². The maximum absolute atomic E-state index is 14.1. The normalized spacial score (nSPS) is 24.8. The number of benzene rings is 1. The number of hydrogen-bond acceptors (Lipinski definition) is 5. The topological polar surface area (TPSA) is 59.8 Å². The molecule has 1 amide bonds. The van der Waals surface area contributed by atoms with Crippen LogP contribution in [0.2, 0.25) is 0 Å². The van der Waals surface area contributed by atoms with Crippen LogP contribution in [0.5, 0.6) is 5.75 Å². The molecule has 0 bridgehead atoms. The minimum atomic E-state index is -4.56. The SMILES string of the molecule is COc1cccc(C2C(N3CCOCC3)CCN2C(=O)Cn2nc3c(c2C(F)(F)F)CC[C@@H]3C)c1C. The summed E-state index contributed by atoms with van der Waals surface area (Å²) in [4.78, 5) is 17.8. The van der Waals surface area contributed by atoms with Crippen LogP contribution in [-0.2, 0) is 28.7 Å². The predicted octanol–water partition coefficient (Wildman–Crippen LogP) is 3.94. The number of likely N-dealkylation sites (tertiary alicyclic amines) is 1. The Kier molecular flexibility index (Phi) is 6.76. The first kappa shape index (κ1) is 25.1. The maximum atomic E-state index is 14.1. The first-order chi connectivity index (χ1) is 17.2. The van der Waals surface area contributed by atoms with Crippen LogP contribution in [0.1, 0.15) is 59.8 Å². The Morgan fingerprint density at radius 1 is 1.19 bits per heavy atom. The second-order valence-electron chi connectivity index (χ2n) is 10.0. The lowest BCUT2D eigenvalue weighted by Gasteiger charge is -2.38. The molecule has 3 aliphatic rings. The molecule has 196 valence electrons. The zero-order valence-electron chi connectivity index (χ0n) is 21.0. The summed E-state index contributed by atoms with van der Waals surface area (Å²) in [6, 6.07) is 5.54. The summed E-state index contributed by atoms with van der Waals surface area (Å²) in [5.41, 5.74) is 1.85. The van der Waals surface area contributed by atoms with Gasteiger partial charge in [0.2, 0.25) is 5.91 Å². The molecule has 2 aromatic rings. The highest BCUT2D eigenvalue weighted by molar-refractivity contribution is 5.77. The van der Waals surface area contributed by atoms with E-state index in [1.54, 1.807) is 12.0 Å². The lowest BCUT2D eigenvalue weighted by Crippen LogP contribution is -2.47. The van der Waals surface area contributed by atoms with Crippen LogP contribution >= 0.6 is 0 Å². The second kappa shape index (κ2) is 9.70. The molecule has 10 heteroatoms. The number of carbonyl (C=O) groups excluding carboxylic acids is 1. The summed E-state index contributed by atoms with van der Waals surface area (Å²) in [6.07, 6.45) is -2.82. The number of aromatic nitrogens is 2. The minimum absolute atomic E-state index is 0.0397. The zero-order valence-corrected chi connectivity index (χ0v) is 21.0. The van der Waals surface area contributed by atoms with Gasteiger partial charge in [-0.25, -0.2) is 0 Å². The molecule has 1 aromatic carbocycles. The van der Waals surface area contributed by atoms with Crippen molar-refractivity contribution in [2.75, 3.05) is 40.0 Å². The number of rotatable bonds is 5. The molecule has 1 aliphatic carbocycles. The zero-order chi connectivity index (χ0) is 25.6. The van der Waals surface area contributed by atoms with Gasteiger partial charge in [0.15, 0.2) is 0 Å². The number of alkyl halides is 3. The van der Waals surface area contributed by atoms with Crippen molar-refractivity contribution in [1.82, 2.24) is 19.6 Å². The van der Waals surface area contributed by atoms with Crippen molar-refractivity contribution < 1.29 is 27.4 Å². The number of nitrogens with zero attached hydrogens (tertiary/aromatic N) is 4. The molecule has 1 aromatic heterocycles. The molecule has 0 radical (unpaired) electrons. The van der Waals surface area contributed by atoms with Crippen molar-refractivity contribution >= 4 is 5.91 Å². The third-order valence-electron chi connectivity index (χ3n) is 7.99. The summed E-state index contributed by atoms with van der Waals surface area (Å²) in [5.74, 6) is 0.337. The quantitative estimate of drug-likeness (QED) is 0.615. The molecule has 2 fully saturated rings. The van der Waals surface area contributed by atoms with E-state index in [0.29, 0.717) is 38.3 Å². The molecule has 2 saturated heterocycles. The average Bonchev–Trinajstić information content (AvgIpc) is 3.54. The number of ether oxygens (including phenoxy) is 2. The van der Waals surface area contributed by atoms with Crippen LogP contribution < -0.4 is 4.74 Å². The van der Waals surface area contributed by atoms with Crippen LogP contribution in [0.3, 0.4) is 0 Å². The fraction of sp³-hybridized carbons (Fsp3) is 0.615. The number of fused-ring (bicyclic) bond motifs is 1. The average molecular weight is 507 g/mol.